The number of likely N-dealkylation sites (N-methyl/N-ethyl adjacent to an activating group) is 1. The maximum Gasteiger partial charge on any atom is 0.199 e. The number of H-pyrrole nitrogens is 1. The Hall–Kier alpha value is -2.87. The van der Waals surface area contributed by atoms with Crippen LogP contribution in [0, 0.1) is 6.92 Å². The highest BCUT2D eigenvalue weighted by molar-refractivity contribution is 5.62. The van der Waals surface area contributed by atoms with Gasteiger partial charge in [0.1, 0.15) is 11.6 Å². The summed E-state index contributed by atoms with van der Waals surface area (Å²) in [6.45, 7) is 5.86. The number of rotatable bonds is 4. The van der Waals surface area contributed by atoms with Crippen molar-refractivity contribution in [3.05, 3.63) is 36.2 Å². The maximum atomic E-state index is 5.49. The average molecular weight is 339 g/mol. The summed E-state index contributed by atoms with van der Waals surface area (Å²) in [5, 5.41) is 10.4. The topological polar surface area (TPSA) is 86.1 Å². The van der Waals surface area contributed by atoms with Crippen molar-refractivity contribution in [1.82, 2.24) is 25.1 Å². The van der Waals surface area contributed by atoms with E-state index in [9.17, 15) is 0 Å². The number of piperazine rings is 1. The van der Waals surface area contributed by atoms with Gasteiger partial charge in [0.25, 0.3) is 0 Å². The molecule has 0 saturated carbocycles. The summed E-state index contributed by atoms with van der Waals surface area (Å²) in [5.41, 5.74) is 0.988. The summed E-state index contributed by atoms with van der Waals surface area (Å²) in [5.74, 6) is 3.53. The zero-order valence-corrected chi connectivity index (χ0v) is 14.4. The molecule has 4 heterocycles. The Labute approximate surface area is 145 Å². The van der Waals surface area contributed by atoms with Gasteiger partial charge in [-0.2, -0.15) is 5.10 Å². The molecule has 4 rings (SSSR count). The van der Waals surface area contributed by atoms with Crippen molar-refractivity contribution in [3.8, 4) is 11.6 Å². The van der Waals surface area contributed by atoms with Crippen LogP contribution in [0.2, 0.25) is 0 Å². The molecule has 1 aliphatic rings. The van der Waals surface area contributed by atoms with Crippen LogP contribution in [0.1, 0.15) is 5.69 Å². The molecule has 3 aromatic heterocycles. The lowest BCUT2D eigenvalue weighted by Gasteiger charge is -2.33. The molecule has 0 amide bonds. The second kappa shape index (κ2) is 6.56. The van der Waals surface area contributed by atoms with Crippen molar-refractivity contribution >= 4 is 17.5 Å². The minimum absolute atomic E-state index is 0.566. The van der Waals surface area contributed by atoms with E-state index in [0.717, 1.165) is 43.5 Å². The standard InChI is InChI=1S/C17H21N7O/c1-12-10-15(22-21-12)18-14-11-16(24-7-5-23(2)6-8-24)20-17(19-14)13-4-3-9-25-13/h3-4,9-11H,5-8H2,1-2H3,(H2,18,19,20,21,22). The summed E-state index contributed by atoms with van der Waals surface area (Å²) in [6.07, 6.45) is 1.63. The van der Waals surface area contributed by atoms with Gasteiger partial charge < -0.3 is 19.5 Å². The van der Waals surface area contributed by atoms with Crippen LogP contribution in [-0.2, 0) is 0 Å². The molecule has 3 aromatic rings. The lowest BCUT2D eigenvalue weighted by Crippen LogP contribution is -2.44. The van der Waals surface area contributed by atoms with Gasteiger partial charge in [0.05, 0.1) is 6.26 Å². The summed E-state index contributed by atoms with van der Waals surface area (Å²) < 4.78 is 5.49. The average Bonchev–Trinajstić information content (AvgIpc) is 3.27. The van der Waals surface area contributed by atoms with E-state index in [4.69, 9.17) is 9.40 Å². The Morgan fingerprint density at radius 1 is 1.12 bits per heavy atom. The van der Waals surface area contributed by atoms with Gasteiger partial charge >= 0.3 is 0 Å². The number of hydrogen-bond acceptors (Lipinski definition) is 7. The van der Waals surface area contributed by atoms with Crippen molar-refractivity contribution in [2.24, 2.45) is 0 Å². The Balaban J connectivity index is 1.67. The summed E-state index contributed by atoms with van der Waals surface area (Å²) >= 11 is 0. The Morgan fingerprint density at radius 2 is 1.96 bits per heavy atom. The van der Waals surface area contributed by atoms with Crippen molar-refractivity contribution in [3.63, 3.8) is 0 Å². The maximum absolute atomic E-state index is 5.49. The lowest BCUT2D eigenvalue weighted by atomic mass is 10.3. The largest absolute Gasteiger partial charge is 0.461 e. The van der Waals surface area contributed by atoms with E-state index < -0.39 is 0 Å². The lowest BCUT2D eigenvalue weighted by molar-refractivity contribution is 0.312. The molecule has 0 unspecified atom stereocenters. The van der Waals surface area contributed by atoms with E-state index in [1.54, 1.807) is 6.26 Å². The first kappa shape index (κ1) is 15.6. The highest BCUT2D eigenvalue weighted by Gasteiger charge is 2.18. The van der Waals surface area contributed by atoms with Crippen LogP contribution in [0.25, 0.3) is 11.6 Å². The van der Waals surface area contributed by atoms with Crippen molar-refractivity contribution in [1.29, 1.82) is 0 Å². The Morgan fingerprint density at radius 3 is 2.64 bits per heavy atom. The molecule has 25 heavy (non-hydrogen) atoms. The molecule has 1 saturated heterocycles. The van der Waals surface area contributed by atoms with Gasteiger partial charge in [0, 0.05) is 44.0 Å². The molecular weight excluding hydrogens is 318 g/mol. The molecule has 0 atom stereocenters. The van der Waals surface area contributed by atoms with Crippen LogP contribution in [-0.4, -0.2) is 58.3 Å². The normalized spacial score (nSPS) is 15.5. The SMILES string of the molecule is Cc1cc(Nc2cc(N3CCN(C)CC3)nc(-c3ccco3)n2)n[nH]1. The zero-order chi connectivity index (χ0) is 17.2. The van der Waals surface area contributed by atoms with Gasteiger partial charge in [-0.1, -0.05) is 0 Å². The molecule has 8 nitrogen and oxygen atoms in total. The number of nitrogens with one attached hydrogen (secondary N) is 2. The Bertz CT molecular complexity index is 835. The van der Waals surface area contributed by atoms with Gasteiger partial charge in [-0.05, 0) is 26.1 Å². The summed E-state index contributed by atoms with van der Waals surface area (Å²) in [7, 11) is 2.14. The molecule has 0 bridgehead atoms. The fraction of sp³-hybridized carbons (Fsp3) is 0.353. The molecule has 1 aliphatic heterocycles. The van der Waals surface area contributed by atoms with Crippen LogP contribution < -0.4 is 10.2 Å². The van der Waals surface area contributed by atoms with Crippen molar-refractivity contribution in [2.75, 3.05) is 43.4 Å². The molecule has 2 N–H and O–H groups in total. The minimum Gasteiger partial charge on any atom is -0.461 e. The summed E-state index contributed by atoms with van der Waals surface area (Å²) in [6, 6.07) is 7.60. The van der Waals surface area contributed by atoms with E-state index >= 15 is 0 Å². The third-order valence-electron chi connectivity index (χ3n) is 4.24. The van der Waals surface area contributed by atoms with E-state index in [2.05, 4.69) is 37.3 Å². The number of anilines is 3. The van der Waals surface area contributed by atoms with Crippen LogP contribution in [0.15, 0.2) is 34.9 Å². The minimum atomic E-state index is 0.566. The first-order valence-electron chi connectivity index (χ1n) is 8.33. The number of aromatic nitrogens is 4. The predicted octanol–water partition coefficient (Wildman–Crippen LogP) is 2.26. The molecule has 0 radical (unpaired) electrons. The number of aromatic amines is 1. The van der Waals surface area contributed by atoms with E-state index in [-0.39, 0.29) is 0 Å². The predicted molar refractivity (Wildman–Crippen MR) is 96.1 cm³/mol. The van der Waals surface area contributed by atoms with Crippen LogP contribution in [0.3, 0.4) is 0 Å². The second-order valence-electron chi connectivity index (χ2n) is 6.26. The number of aryl methyl sites for hydroxylation is 1. The number of nitrogens with zero attached hydrogens (tertiary/aromatic N) is 5. The fourth-order valence-electron chi connectivity index (χ4n) is 2.83. The molecule has 0 spiro atoms. The van der Waals surface area contributed by atoms with Crippen molar-refractivity contribution < 1.29 is 4.42 Å². The fourth-order valence-corrected chi connectivity index (χ4v) is 2.83. The summed E-state index contributed by atoms with van der Waals surface area (Å²) in [4.78, 5) is 13.9. The molecular formula is C17H21N7O. The quantitative estimate of drug-likeness (QED) is 0.754. The molecule has 1 fully saturated rings. The van der Waals surface area contributed by atoms with E-state index in [1.807, 2.05) is 31.2 Å². The molecule has 0 aliphatic carbocycles. The first-order chi connectivity index (χ1) is 12.2. The van der Waals surface area contributed by atoms with Gasteiger partial charge in [-0.3, -0.25) is 5.10 Å². The van der Waals surface area contributed by atoms with E-state index in [1.165, 1.54) is 0 Å². The van der Waals surface area contributed by atoms with Crippen LogP contribution >= 0.6 is 0 Å². The molecule has 8 heteroatoms. The highest BCUT2D eigenvalue weighted by Crippen LogP contribution is 2.25. The number of hydrogen-bond donors (Lipinski definition) is 2. The zero-order valence-electron chi connectivity index (χ0n) is 14.4. The van der Waals surface area contributed by atoms with Crippen molar-refractivity contribution in [2.45, 2.75) is 6.92 Å². The van der Waals surface area contributed by atoms with Gasteiger partial charge in [-0.25, -0.2) is 9.97 Å². The smallest absolute Gasteiger partial charge is 0.199 e. The molecule has 0 aromatic carbocycles. The number of furan rings is 1. The monoisotopic (exact) mass is 339 g/mol. The third-order valence-corrected chi connectivity index (χ3v) is 4.24. The molecule has 130 valence electrons. The van der Waals surface area contributed by atoms with Gasteiger partial charge in [0.2, 0.25) is 0 Å². The van der Waals surface area contributed by atoms with Gasteiger partial charge in [0.15, 0.2) is 17.4 Å². The Kier molecular flexibility index (Phi) is 4.10. The second-order valence-corrected chi connectivity index (χ2v) is 6.26. The van der Waals surface area contributed by atoms with E-state index in [0.29, 0.717) is 17.4 Å². The highest BCUT2D eigenvalue weighted by atomic mass is 16.3. The van der Waals surface area contributed by atoms with Crippen LogP contribution in [0.4, 0.5) is 17.5 Å². The van der Waals surface area contributed by atoms with Gasteiger partial charge in [-0.15, -0.1) is 0 Å². The third kappa shape index (κ3) is 3.48. The first-order valence-corrected chi connectivity index (χ1v) is 8.33. The van der Waals surface area contributed by atoms with Crippen LogP contribution in [0.5, 0.6) is 0 Å².